The lowest BCUT2D eigenvalue weighted by atomic mass is 10.1. The lowest BCUT2D eigenvalue weighted by Gasteiger charge is -2.26. The Hall–Kier alpha value is -2.92. The van der Waals surface area contributed by atoms with Crippen molar-refractivity contribution >= 4 is 37.4 Å². The molecular formula is C24H28N2O7S2. The molecule has 11 heteroatoms. The van der Waals surface area contributed by atoms with Crippen LogP contribution in [0.1, 0.15) is 36.2 Å². The minimum absolute atomic E-state index is 0.00510. The fraction of sp³-hybridized carbons (Fsp3) is 0.417. The minimum atomic E-state index is -3.93. The Kier molecular flexibility index (Phi) is 6.92. The van der Waals surface area contributed by atoms with Gasteiger partial charge in [-0.05, 0) is 56.5 Å². The Bertz CT molecular complexity index is 1360. The average molecular weight is 521 g/mol. The first kappa shape index (κ1) is 25.2. The highest BCUT2D eigenvalue weighted by Crippen LogP contribution is 2.36. The van der Waals surface area contributed by atoms with Gasteiger partial charge in [0.05, 0.1) is 27.7 Å². The number of benzene rings is 2. The third-order valence-electron chi connectivity index (χ3n) is 6.41. The molecule has 2 aromatic carbocycles. The van der Waals surface area contributed by atoms with Gasteiger partial charge < -0.3 is 9.64 Å². The zero-order valence-corrected chi connectivity index (χ0v) is 21.2. The summed E-state index contributed by atoms with van der Waals surface area (Å²) < 4.78 is 56.9. The summed E-state index contributed by atoms with van der Waals surface area (Å²) in [6.07, 6.45) is 0.948. The number of sulfone groups is 1. The van der Waals surface area contributed by atoms with Crippen molar-refractivity contribution < 1.29 is 31.2 Å². The molecular weight excluding hydrogens is 492 g/mol. The molecule has 1 fully saturated rings. The molecule has 0 unspecified atom stereocenters. The average Bonchev–Trinajstić information content (AvgIpc) is 3.36. The van der Waals surface area contributed by atoms with E-state index in [1.165, 1.54) is 33.5 Å². The smallest absolute Gasteiger partial charge is 0.338 e. The number of carbonyl (C=O) groups excluding carboxylic acids is 2. The van der Waals surface area contributed by atoms with Crippen LogP contribution in [0.3, 0.4) is 0 Å². The highest BCUT2D eigenvalue weighted by Gasteiger charge is 2.36. The zero-order chi connectivity index (χ0) is 25.4. The Morgan fingerprint density at radius 1 is 1.14 bits per heavy atom. The van der Waals surface area contributed by atoms with Gasteiger partial charge in [0.15, 0.2) is 16.4 Å². The Morgan fingerprint density at radius 3 is 2.57 bits per heavy atom. The van der Waals surface area contributed by atoms with E-state index in [9.17, 15) is 26.4 Å². The third kappa shape index (κ3) is 5.06. The van der Waals surface area contributed by atoms with Crippen molar-refractivity contribution in [3.8, 4) is 0 Å². The Labute approximate surface area is 205 Å². The van der Waals surface area contributed by atoms with Crippen molar-refractivity contribution in [2.24, 2.45) is 0 Å². The molecule has 0 N–H and O–H groups in total. The van der Waals surface area contributed by atoms with E-state index in [0.29, 0.717) is 25.1 Å². The van der Waals surface area contributed by atoms with E-state index in [2.05, 4.69) is 0 Å². The van der Waals surface area contributed by atoms with Crippen molar-refractivity contribution in [1.29, 1.82) is 0 Å². The van der Waals surface area contributed by atoms with Crippen LogP contribution in [0.5, 0.6) is 0 Å². The van der Waals surface area contributed by atoms with Crippen LogP contribution >= 0.6 is 0 Å². The molecule has 0 aliphatic carbocycles. The number of rotatable bonds is 7. The third-order valence-corrected chi connectivity index (χ3v) is 10.1. The fourth-order valence-corrected chi connectivity index (χ4v) is 8.22. The number of esters is 1. The van der Waals surface area contributed by atoms with Gasteiger partial charge in [0.25, 0.3) is 15.9 Å². The van der Waals surface area contributed by atoms with Crippen LogP contribution in [0, 0.1) is 0 Å². The maximum Gasteiger partial charge on any atom is 0.338 e. The largest absolute Gasteiger partial charge is 0.452 e. The number of para-hydroxylation sites is 1. The molecule has 35 heavy (non-hydrogen) atoms. The second kappa shape index (κ2) is 9.62. The van der Waals surface area contributed by atoms with Gasteiger partial charge in [0, 0.05) is 18.6 Å². The summed E-state index contributed by atoms with van der Waals surface area (Å²) in [5, 5.41) is 0. The van der Waals surface area contributed by atoms with Gasteiger partial charge in [-0.1, -0.05) is 24.3 Å². The summed E-state index contributed by atoms with van der Waals surface area (Å²) in [4.78, 5) is 26.6. The van der Waals surface area contributed by atoms with Crippen LogP contribution in [-0.2, 0) is 35.8 Å². The van der Waals surface area contributed by atoms with E-state index in [1.54, 1.807) is 19.1 Å². The molecule has 2 aliphatic rings. The summed E-state index contributed by atoms with van der Waals surface area (Å²) in [6, 6.07) is 12.1. The van der Waals surface area contributed by atoms with E-state index in [0.717, 1.165) is 5.56 Å². The molecule has 2 heterocycles. The number of fused-ring (bicyclic) bond motifs is 1. The highest BCUT2D eigenvalue weighted by molar-refractivity contribution is 7.93. The first-order valence-electron chi connectivity index (χ1n) is 11.4. The van der Waals surface area contributed by atoms with Crippen molar-refractivity contribution in [3.05, 3.63) is 59.7 Å². The van der Waals surface area contributed by atoms with Gasteiger partial charge in [-0.2, -0.15) is 0 Å². The lowest BCUT2D eigenvalue weighted by molar-refractivity contribution is -0.136. The second-order valence-electron chi connectivity index (χ2n) is 8.82. The van der Waals surface area contributed by atoms with Gasteiger partial charge in [-0.15, -0.1) is 0 Å². The predicted octanol–water partition coefficient (Wildman–Crippen LogP) is 2.02. The second-order valence-corrected chi connectivity index (χ2v) is 12.9. The molecule has 1 amide bonds. The van der Waals surface area contributed by atoms with Crippen molar-refractivity contribution in [2.45, 2.75) is 43.7 Å². The summed E-state index contributed by atoms with van der Waals surface area (Å²) in [5.74, 6) is -1.39. The number of nitrogens with zero attached hydrogens (tertiary/aromatic N) is 2. The van der Waals surface area contributed by atoms with Crippen molar-refractivity contribution in [2.75, 3.05) is 29.0 Å². The number of hydrogen-bond acceptors (Lipinski definition) is 7. The number of sulfonamides is 1. The maximum absolute atomic E-state index is 13.4. The SMILES string of the molecule is CCN(C(=O)COC(=O)c1cccc(S(=O)(=O)N2c3ccccc3C[C@H]2C)c1)[C@H]1CCS(=O)(=O)C1. The quantitative estimate of drug-likeness (QED) is 0.513. The molecule has 188 valence electrons. The molecule has 0 spiro atoms. The normalized spacial score (nSPS) is 20.9. The van der Waals surface area contributed by atoms with Gasteiger partial charge >= 0.3 is 5.97 Å². The van der Waals surface area contributed by atoms with Crippen molar-refractivity contribution in [1.82, 2.24) is 4.90 Å². The number of ether oxygens (including phenoxy) is 1. The van der Waals surface area contributed by atoms with Crippen molar-refractivity contribution in [3.63, 3.8) is 0 Å². The first-order valence-corrected chi connectivity index (χ1v) is 14.7. The van der Waals surface area contributed by atoms with Crippen LogP contribution < -0.4 is 4.31 Å². The summed E-state index contributed by atoms with van der Waals surface area (Å²) in [6.45, 7) is 3.30. The van der Waals surface area contributed by atoms with Crippen LogP contribution in [0.2, 0.25) is 0 Å². The van der Waals surface area contributed by atoms with Crippen LogP contribution in [-0.4, -0.2) is 70.4 Å². The van der Waals surface area contributed by atoms with Crippen LogP contribution in [0.15, 0.2) is 53.4 Å². The molecule has 2 aromatic rings. The maximum atomic E-state index is 13.4. The molecule has 0 aromatic heterocycles. The molecule has 2 aliphatic heterocycles. The number of amides is 1. The summed E-state index contributed by atoms with van der Waals surface area (Å²) in [7, 11) is -7.10. The standard InChI is InChI=1S/C24H28N2O7S2/c1-3-25(20-11-12-34(29,30)16-20)23(27)15-33-24(28)19-8-6-9-21(14-19)35(31,32)26-17(2)13-18-7-4-5-10-22(18)26/h4-10,14,17,20H,3,11-13,15-16H2,1-2H3/t17-,20+/m1/s1. The molecule has 0 bridgehead atoms. The number of anilines is 1. The Balaban J connectivity index is 1.47. The number of hydrogen-bond donors (Lipinski definition) is 0. The van der Waals surface area contributed by atoms with Gasteiger partial charge in [0.2, 0.25) is 0 Å². The highest BCUT2D eigenvalue weighted by atomic mass is 32.2. The molecule has 1 saturated heterocycles. The van der Waals surface area contributed by atoms with E-state index < -0.39 is 44.4 Å². The van der Waals surface area contributed by atoms with E-state index in [-0.39, 0.29) is 28.0 Å². The lowest BCUT2D eigenvalue weighted by Crippen LogP contribution is -2.43. The summed E-state index contributed by atoms with van der Waals surface area (Å²) in [5.41, 5.74) is 1.56. The monoisotopic (exact) mass is 520 g/mol. The molecule has 4 rings (SSSR count). The van der Waals surface area contributed by atoms with E-state index >= 15 is 0 Å². The minimum Gasteiger partial charge on any atom is -0.452 e. The van der Waals surface area contributed by atoms with Crippen LogP contribution in [0.25, 0.3) is 0 Å². The summed E-state index contributed by atoms with van der Waals surface area (Å²) >= 11 is 0. The molecule has 0 saturated carbocycles. The first-order chi connectivity index (χ1) is 16.5. The number of likely N-dealkylation sites (N-methyl/N-ethyl adjacent to an activating group) is 1. The van der Waals surface area contributed by atoms with Gasteiger partial charge in [0.1, 0.15) is 0 Å². The van der Waals surface area contributed by atoms with Gasteiger partial charge in [-0.3, -0.25) is 9.10 Å². The van der Waals surface area contributed by atoms with E-state index in [1.807, 2.05) is 19.1 Å². The van der Waals surface area contributed by atoms with E-state index in [4.69, 9.17) is 4.74 Å². The molecule has 9 nitrogen and oxygen atoms in total. The fourth-order valence-electron chi connectivity index (χ4n) is 4.75. The molecule has 0 radical (unpaired) electrons. The predicted molar refractivity (Wildman–Crippen MR) is 130 cm³/mol. The Morgan fingerprint density at radius 2 is 1.89 bits per heavy atom. The molecule has 2 atom stereocenters. The zero-order valence-electron chi connectivity index (χ0n) is 19.6. The van der Waals surface area contributed by atoms with Crippen LogP contribution in [0.4, 0.5) is 5.69 Å². The topological polar surface area (TPSA) is 118 Å². The van der Waals surface area contributed by atoms with Gasteiger partial charge in [-0.25, -0.2) is 21.6 Å². The number of carbonyl (C=O) groups is 2.